The summed E-state index contributed by atoms with van der Waals surface area (Å²) < 4.78 is 13.5. The average Bonchev–Trinajstić information content (AvgIpc) is 2.40. The molecule has 0 aromatic heterocycles. The highest BCUT2D eigenvalue weighted by Gasteiger charge is 2.23. The SMILES string of the molecule is O=C(NCC1CCCCC1O)c1cc(Cl)ccc1F. The van der Waals surface area contributed by atoms with E-state index in [1.54, 1.807) is 0 Å². The van der Waals surface area contributed by atoms with Crippen LogP contribution < -0.4 is 5.32 Å². The number of aliphatic hydroxyl groups is 1. The van der Waals surface area contributed by atoms with E-state index >= 15 is 0 Å². The number of carbonyl (C=O) groups is 1. The summed E-state index contributed by atoms with van der Waals surface area (Å²) in [6, 6.07) is 3.88. The predicted molar refractivity (Wildman–Crippen MR) is 71.7 cm³/mol. The summed E-state index contributed by atoms with van der Waals surface area (Å²) in [5, 5.41) is 12.8. The van der Waals surface area contributed by atoms with Gasteiger partial charge in [-0.05, 0) is 31.0 Å². The Morgan fingerprint density at radius 2 is 2.16 bits per heavy atom. The molecule has 5 heteroatoms. The monoisotopic (exact) mass is 285 g/mol. The van der Waals surface area contributed by atoms with Gasteiger partial charge in [0.15, 0.2) is 0 Å². The number of rotatable bonds is 3. The van der Waals surface area contributed by atoms with Gasteiger partial charge in [0, 0.05) is 17.5 Å². The first-order valence-corrected chi connectivity index (χ1v) is 6.87. The molecule has 1 amide bonds. The van der Waals surface area contributed by atoms with E-state index in [0.717, 1.165) is 25.7 Å². The Bertz CT molecular complexity index is 467. The van der Waals surface area contributed by atoms with Gasteiger partial charge in [-0.3, -0.25) is 4.79 Å². The van der Waals surface area contributed by atoms with Crippen molar-refractivity contribution in [2.75, 3.05) is 6.54 Å². The van der Waals surface area contributed by atoms with Crippen LogP contribution in [0.15, 0.2) is 18.2 Å². The Balaban J connectivity index is 1.95. The largest absolute Gasteiger partial charge is 0.393 e. The molecular formula is C14H17ClFNO2. The Labute approximate surface area is 116 Å². The zero-order valence-electron chi connectivity index (χ0n) is 10.5. The summed E-state index contributed by atoms with van der Waals surface area (Å²) in [4.78, 5) is 11.9. The number of hydrogen-bond donors (Lipinski definition) is 2. The van der Waals surface area contributed by atoms with Crippen molar-refractivity contribution in [3.05, 3.63) is 34.6 Å². The van der Waals surface area contributed by atoms with Gasteiger partial charge in [-0.1, -0.05) is 24.4 Å². The molecule has 0 spiro atoms. The predicted octanol–water partition coefficient (Wildman–Crippen LogP) is 2.76. The standard InChI is InChI=1S/C14H17ClFNO2/c15-10-5-6-12(16)11(7-10)14(19)17-8-9-3-1-2-4-13(9)18/h5-7,9,13,18H,1-4,8H2,(H,17,19). The third kappa shape index (κ3) is 3.67. The maximum absolute atomic E-state index is 13.5. The molecular weight excluding hydrogens is 269 g/mol. The van der Waals surface area contributed by atoms with Crippen molar-refractivity contribution in [1.29, 1.82) is 0 Å². The van der Waals surface area contributed by atoms with E-state index in [1.807, 2.05) is 0 Å². The molecule has 1 fully saturated rings. The van der Waals surface area contributed by atoms with Gasteiger partial charge >= 0.3 is 0 Å². The average molecular weight is 286 g/mol. The quantitative estimate of drug-likeness (QED) is 0.897. The van der Waals surface area contributed by atoms with Crippen molar-refractivity contribution in [3.8, 4) is 0 Å². The first-order chi connectivity index (χ1) is 9.08. The fraction of sp³-hybridized carbons (Fsp3) is 0.500. The summed E-state index contributed by atoms with van der Waals surface area (Å²) in [6.07, 6.45) is 3.36. The molecule has 19 heavy (non-hydrogen) atoms. The summed E-state index contributed by atoms with van der Waals surface area (Å²) in [6.45, 7) is 0.367. The number of hydrogen-bond acceptors (Lipinski definition) is 2. The number of halogens is 2. The van der Waals surface area contributed by atoms with Crippen molar-refractivity contribution in [3.63, 3.8) is 0 Å². The number of carbonyl (C=O) groups excluding carboxylic acids is 1. The Hall–Kier alpha value is -1.13. The van der Waals surface area contributed by atoms with Crippen LogP contribution in [0.5, 0.6) is 0 Å². The smallest absolute Gasteiger partial charge is 0.254 e. The Morgan fingerprint density at radius 1 is 1.42 bits per heavy atom. The van der Waals surface area contributed by atoms with Crippen LogP contribution in [0.25, 0.3) is 0 Å². The van der Waals surface area contributed by atoms with Gasteiger partial charge in [0.05, 0.1) is 11.7 Å². The van der Waals surface area contributed by atoms with E-state index in [1.165, 1.54) is 18.2 Å². The molecule has 2 rings (SSSR count). The van der Waals surface area contributed by atoms with Crippen molar-refractivity contribution < 1.29 is 14.3 Å². The van der Waals surface area contributed by atoms with Crippen LogP contribution in [0.1, 0.15) is 36.0 Å². The third-order valence-corrected chi connectivity index (χ3v) is 3.80. The Morgan fingerprint density at radius 3 is 2.89 bits per heavy atom. The van der Waals surface area contributed by atoms with E-state index in [4.69, 9.17) is 11.6 Å². The van der Waals surface area contributed by atoms with Crippen molar-refractivity contribution in [1.82, 2.24) is 5.32 Å². The summed E-state index contributed by atoms with van der Waals surface area (Å²) in [5.41, 5.74) is -0.0576. The van der Waals surface area contributed by atoms with Gasteiger partial charge in [0.2, 0.25) is 0 Å². The maximum atomic E-state index is 13.5. The van der Waals surface area contributed by atoms with Crippen molar-refractivity contribution in [2.45, 2.75) is 31.8 Å². The molecule has 1 aliphatic rings. The molecule has 0 radical (unpaired) electrons. The van der Waals surface area contributed by atoms with E-state index in [2.05, 4.69) is 5.32 Å². The molecule has 1 aromatic rings. The highest BCUT2D eigenvalue weighted by atomic mass is 35.5. The minimum atomic E-state index is -0.592. The zero-order chi connectivity index (χ0) is 13.8. The van der Waals surface area contributed by atoms with E-state index in [9.17, 15) is 14.3 Å². The minimum Gasteiger partial charge on any atom is -0.393 e. The van der Waals surface area contributed by atoms with Crippen LogP contribution in [0.4, 0.5) is 4.39 Å². The van der Waals surface area contributed by atoms with Gasteiger partial charge in [0.25, 0.3) is 5.91 Å². The lowest BCUT2D eigenvalue weighted by atomic mass is 9.86. The van der Waals surface area contributed by atoms with Gasteiger partial charge in [0.1, 0.15) is 5.82 Å². The Kier molecular flexibility index (Phi) is 4.77. The number of nitrogens with one attached hydrogen (secondary N) is 1. The van der Waals surface area contributed by atoms with Gasteiger partial charge in [-0.2, -0.15) is 0 Å². The van der Waals surface area contributed by atoms with Crippen LogP contribution in [0, 0.1) is 11.7 Å². The second-order valence-electron chi connectivity index (χ2n) is 4.95. The van der Waals surface area contributed by atoms with E-state index < -0.39 is 11.7 Å². The van der Waals surface area contributed by atoms with Gasteiger partial charge < -0.3 is 10.4 Å². The maximum Gasteiger partial charge on any atom is 0.254 e. The number of amides is 1. The highest BCUT2D eigenvalue weighted by Crippen LogP contribution is 2.23. The van der Waals surface area contributed by atoms with Crippen LogP contribution in [0.2, 0.25) is 5.02 Å². The van der Waals surface area contributed by atoms with Crippen LogP contribution in [-0.4, -0.2) is 23.7 Å². The fourth-order valence-electron chi connectivity index (χ4n) is 2.42. The summed E-state index contributed by atoms with van der Waals surface area (Å²) >= 11 is 5.75. The molecule has 2 unspecified atom stereocenters. The van der Waals surface area contributed by atoms with Crippen LogP contribution >= 0.6 is 11.6 Å². The third-order valence-electron chi connectivity index (χ3n) is 3.57. The summed E-state index contributed by atoms with van der Waals surface area (Å²) in [7, 11) is 0. The van der Waals surface area contributed by atoms with Gasteiger partial charge in [-0.25, -0.2) is 4.39 Å². The lowest BCUT2D eigenvalue weighted by Gasteiger charge is -2.27. The number of benzene rings is 1. The molecule has 1 aliphatic carbocycles. The molecule has 2 N–H and O–H groups in total. The minimum absolute atomic E-state index is 0.0555. The first kappa shape index (κ1) is 14.3. The molecule has 0 aliphatic heterocycles. The lowest BCUT2D eigenvalue weighted by molar-refractivity contribution is 0.0662. The molecule has 1 aromatic carbocycles. The fourth-order valence-corrected chi connectivity index (χ4v) is 2.59. The topological polar surface area (TPSA) is 49.3 Å². The van der Waals surface area contributed by atoms with E-state index in [-0.39, 0.29) is 17.6 Å². The van der Waals surface area contributed by atoms with Gasteiger partial charge in [-0.15, -0.1) is 0 Å². The van der Waals surface area contributed by atoms with Crippen molar-refractivity contribution in [2.24, 2.45) is 5.92 Å². The number of aliphatic hydroxyl groups excluding tert-OH is 1. The van der Waals surface area contributed by atoms with Crippen LogP contribution in [-0.2, 0) is 0 Å². The highest BCUT2D eigenvalue weighted by molar-refractivity contribution is 6.30. The van der Waals surface area contributed by atoms with Crippen molar-refractivity contribution >= 4 is 17.5 Å². The first-order valence-electron chi connectivity index (χ1n) is 6.49. The molecule has 3 nitrogen and oxygen atoms in total. The normalized spacial score (nSPS) is 23.1. The molecule has 104 valence electrons. The molecule has 1 saturated carbocycles. The molecule has 0 saturated heterocycles. The summed E-state index contributed by atoms with van der Waals surface area (Å²) in [5.74, 6) is -1.02. The second-order valence-corrected chi connectivity index (χ2v) is 5.38. The zero-order valence-corrected chi connectivity index (χ0v) is 11.3. The molecule has 0 heterocycles. The van der Waals surface area contributed by atoms with E-state index in [0.29, 0.717) is 11.6 Å². The molecule has 0 bridgehead atoms. The second kappa shape index (κ2) is 6.35. The van der Waals surface area contributed by atoms with Crippen LogP contribution in [0.3, 0.4) is 0 Å². The lowest BCUT2D eigenvalue weighted by Crippen LogP contribution is -2.36. The molecule has 2 atom stereocenters.